The molecular formula is C30H27F3O. The van der Waals surface area contributed by atoms with E-state index in [0.29, 0.717) is 28.9 Å². The van der Waals surface area contributed by atoms with Gasteiger partial charge in [0.2, 0.25) is 0 Å². The van der Waals surface area contributed by atoms with E-state index in [0.717, 1.165) is 24.0 Å². The number of hydrogen-bond donors (Lipinski definition) is 0. The first-order valence-electron chi connectivity index (χ1n) is 11.6. The molecule has 4 aromatic carbocycles. The molecule has 0 amide bonds. The van der Waals surface area contributed by atoms with E-state index in [1.807, 2.05) is 44.2 Å². The molecule has 0 saturated carbocycles. The highest BCUT2D eigenvalue weighted by Crippen LogP contribution is 2.32. The third kappa shape index (κ3) is 5.17. The summed E-state index contributed by atoms with van der Waals surface area (Å²) in [6, 6.07) is 22.6. The summed E-state index contributed by atoms with van der Waals surface area (Å²) in [6.07, 6.45) is 2.48. The van der Waals surface area contributed by atoms with Gasteiger partial charge in [0, 0.05) is 11.1 Å². The maximum Gasteiger partial charge on any atom is 0.167 e. The smallest absolute Gasteiger partial charge is 0.167 e. The minimum absolute atomic E-state index is 0.187. The molecule has 4 aromatic rings. The molecule has 0 spiro atoms. The van der Waals surface area contributed by atoms with Crippen LogP contribution in [-0.4, -0.2) is 0 Å². The average molecular weight is 461 g/mol. The van der Waals surface area contributed by atoms with Crippen LogP contribution in [0.15, 0.2) is 78.9 Å². The van der Waals surface area contributed by atoms with E-state index in [1.54, 1.807) is 42.5 Å². The number of benzene rings is 4. The van der Waals surface area contributed by atoms with Crippen molar-refractivity contribution in [2.75, 3.05) is 0 Å². The zero-order valence-corrected chi connectivity index (χ0v) is 19.4. The van der Waals surface area contributed by atoms with Crippen LogP contribution in [0, 0.1) is 17.5 Å². The number of rotatable bonds is 8. The third-order valence-electron chi connectivity index (χ3n) is 5.96. The Kier molecular flexibility index (Phi) is 7.36. The van der Waals surface area contributed by atoms with Crippen molar-refractivity contribution in [3.63, 3.8) is 0 Å². The second kappa shape index (κ2) is 10.6. The van der Waals surface area contributed by atoms with Crippen molar-refractivity contribution >= 4 is 0 Å². The van der Waals surface area contributed by atoms with Crippen molar-refractivity contribution in [2.24, 2.45) is 0 Å². The number of halogens is 3. The van der Waals surface area contributed by atoms with Crippen LogP contribution in [0.25, 0.3) is 22.3 Å². The molecule has 0 aliphatic carbocycles. The van der Waals surface area contributed by atoms with Crippen LogP contribution < -0.4 is 4.74 Å². The summed E-state index contributed by atoms with van der Waals surface area (Å²) < 4.78 is 49.7. The molecule has 0 heterocycles. The van der Waals surface area contributed by atoms with Crippen molar-refractivity contribution in [1.82, 2.24) is 0 Å². The van der Waals surface area contributed by atoms with Gasteiger partial charge in [-0.2, -0.15) is 0 Å². The lowest BCUT2D eigenvalue weighted by Gasteiger charge is -2.11. The van der Waals surface area contributed by atoms with E-state index in [4.69, 9.17) is 4.74 Å². The van der Waals surface area contributed by atoms with Crippen molar-refractivity contribution < 1.29 is 17.9 Å². The fraction of sp³-hybridized carbons (Fsp3) is 0.200. The minimum Gasteiger partial charge on any atom is -0.489 e. The second-order valence-electron chi connectivity index (χ2n) is 8.33. The average Bonchev–Trinajstić information content (AvgIpc) is 2.86. The van der Waals surface area contributed by atoms with E-state index in [1.165, 1.54) is 6.07 Å². The van der Waals surface area contributed by atoms with Gasteiger partial charge in [-0.05, 0) is 58.9 Å². The largest absolute Gasteiger partial charge is 0.489 e. The zero-order chi connectivity index (χ0) is 24.1. The molecule has 34 heavy (non-hydrogen) atoms. The molecule has 0 atom stereocenters. The lowest BCUT2D eigenvalue weighted by Crippen LogP contribution is -1.98. The van der Waals surface area contributed by atoms with Gasteiger partial charge in [-0.1, -0.05) is 80.9 Å². The Bertz CT molecular complexity index is 1260. The van der Waals surface area contributed by atoms with E-state index in [2.05, 4.69) is 0 Å². The molecule has 0 aliphatic heterocycles. The number of hydrogen-bond acceptors (Lipinski definition) is 1. The summed E-state index contributed by atoms with van der Waals surface area (Å²) in [7, 11) is 0. The van der Waals surface area contributed by atoms with Crippen LogP contribution in [0.3, 0.4) is 0 Å². The second-order valence-corrected chi connectivity index (χ2v) is 8.33. The molecule has 0 aliphatic rings. The zero-order valence-electron chi connectivity index (χ0n) is 19.4. The first kappa shape index (κ1) is 23.6. The maximum atomic E-state index is 14.9. The van der Waals surface area contributed by atoms with Gasteiger partial charge in [0.1, 0.15) is 18.2 Å². The molecule has 0 N–H and O–H groups in total. The molecule has 0 bridgehead atoms. The van der Waals surface area contributed by atoms with Crippen LogP contribution in [0.4, 0.5) is 13.2 Å². The fourth-order valence-corrected chi connectivity index (χ4v) is 3.97. The predicted molar refractivity (Wildman–Crippen MR) is 131 cm³/mol. The fourth-order valence-electron chi connectivity index (χ4n) is 3.97. The SMILES string of the molecule is CCCc1ccc(COc2ccc(-c3ccc(-c4ccc(CC)cc4)c(F)c3F)cc2)cc1F. The lowest BCUT2D eigenvalue weighted by molar-refractivity contribution is 0.305. The molecule has 4 rings (SSSR count). The maximum absolute atomic E-state index is 14.9. The van der Waals surface area contributed by atoms with Gasteiger partial charge in [-0.15, -0.1) is 0 Å². The molecular weight excluding hydrogens is 433 g/mol. The topological polar surface area (TPSA) is 9.23 Å². The van der Waals surface area contributed by atoms with Gasteiger partial charge in [0.15, 0.2) is 11.6 Å². The first-order valence-corrected chi connectivity index (χ1v) is 11.6. The van der Waals surface area contributed by atoms with Crippen molar-refractivity contribution in [3.8, 4) is 28.0 Å². The molecule has 0 unspecified atom stereocenters. The highest BCUT2D eigenvalue weighted by atomic mass is 19.2. The summed E-state index contributed by atoms with van der Waals surface area (Å²) in [4.78, 5) is 0. The van der Waals surface area contributed by atoms with Gasteiger partial charge in [-0.3, -0.25) is 0 Å². The standard InChI is InChI=1S/C30H27F3O/c1-3-5-24-11-8-21(18-28(24)31)19-34-25-14-12-23(13-15-25)27-17-16-26(29(32)30(27)33)22-9-6-20(4-2)7-10-22/h6-18H,3-5,19H2,1-2H3. The van der Waals surface area contributed by atoms with Crippen molar-refractivity contribution in [2.45, 2.75) is 39.7 Å². The van der Waals surface area contributed by atoms with Gasteiger partial charge in [0.25, 0.3) is 0 Å². The Morgan fingerprint density at radius 1 is 0.647 bits per heavy atom. The number of aryl methyl sites for hydroxylation is 2. The third-order valence-corrected chi connectivity index (χ3v) is 5.96. The van der Waals surface area contributed by atoms with Gasteiger partial charge >= 0.3 is 0 Å². The molecule has 1 nitrogen and oxygen atoms in total. The van der Waals surface area contributed by atoms with E-state index in [-0.39, 0.29) is 23.6 Å². The Labute approximate surface area is 198 Å². The van der Waals surface area contributed by atoms with E-state index in [9.17, 15) is 13.2 Å². The highest BCUT2D eigenvalue weighted by molar-refractivity contribution is 5.72. The number of ether oxygens (including phenoxy) is 1. The first-order chi connectivity index (χ1) is 16.5. The lowest BCUT2D eigenvalue weighted by atomic mass is 9.98. The Balaban J connectivity index is 1.48. The van der Waals surface area contributed by atoms with Gasteiger partial charge in [0.05, 0.1) is 0 Å². The van der Waals surface area contributed by atoms with Gasteiger partial charge < -0.3 is 4.74 Å². The van der Waals surface area contributed by atoms with Crippen molar-refractivity contribution in [1.29, 1.82) is 0 Å². The summed E-state index contributed by atoms with van der Waals surface area (Å²) >= 11 is 0. The Hall–Kier alpha value is -3.53. The predicted octanol–water partition coefficient (Wildman–Crippen LogP) is 8.53. The summed E-state index contributed by atoms with van der Waals surface area (Å²) in [6.45, 7) is 4.28. The quantitative estimate of drug-likeness (QED) is 0.256. The molecule has 4 heteroatoms. The molecule has 0 saturated heterocycles. The van der Waals surface area contributed by atoms with Crippen LogP contribution in [0.5, 0.6) is 5.75 Å². The molecule has 0 fully saturated rings. The summed E-state index contributed by atoms with van der Waals surface area (Å²) in [5, 5.41) is 0. The molecule has 0 radical (unpaired) electrons. The summed E-state index contributed by atoms with van der Waals surface area (Å²) in [5.41, 5.74) is 4.19. The molecule has 0 aromatic heterocycles. The summed E-state index contributed by atoms with van der Waals surface area (Å²) in [5.74, 6) is -1.40. The molecule has 174 valence electrons. The Morgan fingerprint density at radius 3 is 1.74 bits per heavy atom. The monoisotopic (exact) mass is 460 g/mol. The Morgan fingerprint density at radius 2 is 1.21 bits per heavy atom. The van der Waals surface area contributed by atoms with Crippen LogP contribution in [0.1, 0.15) is 37.0 Å². The highest BCUT2D eigenvalue weighted by Gasteiger charge is 2.16. The van der Waals surface area contributed by atoms with Crippen LogP contribution >= 0.6 is 0 Å². The minimum atomic E-state index is -0.881. The van der Waals surface area contributed by atoms with Crippen LogP contribution in [0.2, 0.25) is 0 Å². The van der Waals surface area contributed by atoms with E-state index >= 15 is 0 Å². The van der Waals surface area contributed by atoms with Crippen molar-refractivity contribution in [3.05, 3.63) is 113 Å². The van der Waals surface area contributed by atoms with Gasteiger partial charge in [-0.25, -0.2) is 13.2 Å². The van der Waals surface area contributed by atoms with Crippen LogP contribution in [-0.2, 0) is 19.4 Å². The van der Waals surface area contributed by atoms with E-state index < -0.39 is 11.6 Å². The normalized spacial score (nSPS) is 11.0.